The lowest BCUT2D eigenvalue weighted by atomic mass is 10.1. The normalized spacial score (nSPS) is 11.7. The summed E-state index contributed by atoms with van der Waals surface area (Å²) in [6, 6.07) is 97.4. The Morgan fingerprint density at radius 2 is 0.755 bits per heavy atom. The SMILES string of the molecule is C/C(=N\OC(=O)C(=O)c1ccccc1)c1ccccc1.C/C(=N\OC(=O)c1cccc2ccccc12)c1ccccc1.C=C(C)C(=O)O/N=C(\C)c1ccccc1.CC(=O)O/N=C(\C#N)c1ccccc1.N#C/C(=N\OC(=O)Cc1ccccc1)c1ccccc1.O=C(O/N=C1\CCc2ccccc21)c1ccccc1. The molecule has 1 aliphatic rings. The molecule has 0 amide bonds. The van der Waals surface area contributed by atoms with Crippen LogP contribution >= 0.6 is 0 Å². The number of benzene rings is 11. The van der Waals surface area contributed by atoms with Gasteiger partial charge < -0.3 is 29.0 Å². The molecule has 11 aromatic carbocycles. The van der Waals surface area contributed by atoms with Crippen LogP contribution in [0.1, 0.15) is 117 Å². The second-order valence-corrected chi connectivity index (χ2v) is 23.3. The van der Waals surface area contributed by atoms with E-state index in [-0.39, 0.29) is 23.4 Å². The third kappa shape index (κ3) is 27.8. The zero-order valence-electron chi connectivity index (χ0n) is 60.7. The van der Waals surface area contributed by atoms with Gasteiger partial charge in [0.2, 0.25) is 0 Å². The Kier molecular flexibility index (Phi) is 33.8. The zero-order valence-corrected chi connectivity index (χ0v) is 60.7. The molecule has 0 radical (unpaired) electrons. The van der Waals surface area contributed by atoms with E-state index in [0.29, 0.717) is 45.0 Å². The van der Waals surface area contributed by atoms with Crippen molar-refractivity contribution in [1.29, 1.82) is 10.5 Å². The van der Waals surface area contributed by atoms with Crippen LogP contribution in [0.15, 0.2) is 352 Å². The highest BCUT2D eigenvalue weighted by Crippen LogP contribution is 2.23. The van der Waals surface area contributed by atoms with E-state index in [9.17, 15) is 33.6 Å². The van der Waals surface area contributed by atoms with Gasteiger partial charge in [0.25, 0.3) is 5.78 Å². The first kappa shape index (κ1) is 82.2. The Bertz CT molecular complexity index is 5200. The molecule has 0 aromatic heterocycles. The molecule has 0 saturated carbocycles. The minimum Gasteiger partial charge on any atom is -0.317 e. The zero-order chi connectivity index (χ0) is 78.7. The van der Waals surface area contributed by atoms with Crippen LogP contribution in [-0.4, -0.2) is 75.9 Å². The van der Waals surface area contributed by atoms with Crippen LogP contribution < -0.4 is 0 Å². The lowest BCUT2D eigenvalue weighted by Crippen LogP contribution is -2.16. The van der Waals surface area contributed by atoms with E-state index >= 15 is 0 Å². The van der Waals surface area contributed by atoms with Crippen molar-refractivity contribution < 1.29 is 62.6 Å². The third-order valence-electron chi connectivity index (χ3n) is 15.2. The van der Waals surface area contributed by atoms with Gasteiger partial charge >= 0.3 is 35.8 Å². The summed E-state index contributed by atoms with van der Waals surface area (Å²) in [7, 11) is 0. The first-order chi connectivity index (χ1) is 53.4. The molecule has 0 saturated heterocycles. The van der Waals surface area contributed by atoms with Crippen LogP contribution in [0.5, 0.6) is 0 Å². The van der Waals surface area contributed by atoms with Gasteiger partial charge in [-0.25, -0.2) is 28.8 Å². The maximum Gasteiger partial charge on any atom is 0.405 e. The van der Waals surface area contributed by atoms with E-state index < -0.39 is 41.6 Å². The highest BCUT2D eigenvalue weighted by Gasteiger charge is 2.20. The van der Waals surface area contributed by atoms with Crippen molar-refractivity contribution >= 4 is 86.6 Å². The minimum absolute atomic E-state index is 0.0759. The van der Waals surface area contributed by atoms with E-state index in [1.54, 1.807) is 130 Å². The number of hydrogen-bond donors (Lipinski definition) is 0. The van der Waals surface area contributed by atoms with Gasteiger partial charge in [0.1, 0.15) is 12.1 Å². The Morgan fingerprint density at radius 3 is 1.23 bits per heavy atom. The fraction of sp³-hybridized carbons (Fsp3) is 0.0899. The molecule has 0 fully saturated rings. The summed E-state index contributed by atoms with van der Waals surface area (Å²) in [6.07, 6.45) is 1.90. The average Bonchev–Trinajstić information content (AvgIpc) is 1.81. The molecule has 11 aromatic rings. The Hall–Kier alpha value is -15.1. The fourth-order valence-corrected chi connectivity index (χ4v) is 9.50. The topological polar surface area (TPSA) is 297 Å². The van der Waals surface area contributed by atoms with Crippen molar-refractivity contribution in [3.8, 4) is 12.1 Å². The van der Waals surface area contributed by atoms with Gasteiger partial charge in [0.05, 0.1) is 40.4 Å². The molecule has 0 spiro atoms. The number of nitrogens with zero attached hydrogens (tertiary/aromatic N) is 8. The number of carbonyl (C=O) groups is 7. The summed E-state index contributed by atoms with van der Waals surface area (Å²) in [6.45, 7) is 11.6. The van der Waals surface area contributed by atoms with Crippen molar-refractivity contribution in [3.63, 3.8) is 0 Å². The number of rotatable bonds is 18. The number of ketones is 1. The molecule has 0 aliphatic heterocycles. The summed E-state index contributed by atoms with van der Waals surface area (Å²) >= 11 is 0. The average molecular weight is 1460 g/mol. The molecule has 0 N–H and O–H groups in total. The van der Waals surface area contributed by atoms with Crippen molar-refractivity contribution in [3.05, 3.63) is 383 Å². The lowest BCUT2D eigenvalue weighted by molar-refractivity contribution is -0.143. The van der Waals surface area contributed by atoms with Crippen LogP contribution in [0.25, 0.3) is 10.8 Å². The summed E-state index contributed by atoms with van der Waals surface area (Å²) < 4.78 is 0. The number of carbonyl (C=O) groups excluding carboxylic acids is 7. The van der Waals surface area contributed by atoms with E-state index in [2.05, 4.69) is 58.1 Å². The number of hydrogen-bond acceptors (Lipinski definition) is 21. The molecular weight excluding hydrogens is 1390 g/mol. The van der Waals surface area contributed by atoms with Gasteiger partial charge in [-0.1, -0.05) is 329 Å². The maximum atomic E-state index is 12.3. The minimum atomic E-state index is -0.994. The van der Waals surface area contributed by atoms with E-state index in [1.807, 2.05) is 213 Å². The number of nitriles is 2. The molecule has 548 valence electrons. The molecule has 110 heavy (non-hydrogen) atoms. The van der Waals surface area contributed by atoms with Crippen LogP contribution in [0.3, 0.4) is 0 Å². The number of Topliss-reactive ketones (excluding diaryl/α,β-unsaturated/α-hetero) is 1. The molecule has 0 atom stereocenters. The first-order valence-corrected chi connectivity index (χ1v) is 34.0. The van der Waals surface area contributed by atoms with E-state index in [1.165, 1.54) is 12.5 Å². The number of fused-ring (bicyclic) bond motifs is 2. The Morgan fingerprint density at radius 1 is 0.364 bits per heavy atom. The highest BCUT2D eigenvalue weighted by molar-refractivity contribution is 6.40. The van der Waals surface area contributed by atoms with Gasteiger partial charge in [-0.2, -0.15) is 10.5 Å². The summed E-state index contributed by atoms with van der Waals surface area (Å²) in [5.74, 6) is -4.13. The maximum absolute atomic E-state index is 12.3. The van der Waals surface area contributed by atoms with E-state index in [0.717, 1.165) is 57.1 Å². The molecule has 0 bridgehead atoms. The quantitative estimate of drug-likeness (QED) is 0.0193. The predicted octanol–water partition coefficient (Wildman–Crippen LogP) is 17.2. The monoisotopic (exact) mass is 1460 g/mol. The van der Waals surface area contributed by atoms with Crippen molar-refractivity contribution in [2.75, 3.05) is 0 Å². The standard InChI is InChI=1S/C19H15NO2.C16H12N2O2.C16H13NO3.C16H13NO2.C12H13NO2.C10H8N2O2/c1-14(15-8-3-2-4-9-15)20-22-19(21)18-13-7-11-16-10-5-6-12-17(16)18;17-12-15(14-9-5-2-6-10-14)18-20-16(19)11-13-7-3-1-4-8-13;1-12(13-8-4-2-5-9-13)17-20-16(19)15(18)14-10-6-3-7-11-14;18-16(13-7-2-1-3-8-13)19-17-15-11-10-12-6-4-5-9-14(12)15;1-9(2)12(14)15-13-10(3)11-7-5-4-6-8-11;1-8(13)14-12-10(7-11)9-5-3-2-4-6-9/h2-13H,1H3;1-10H,11H2;2-11H,1H3;1-9H,10-11H2;4-8H,1H2,2-3H3;2-6H,1H3/b20-14+;18-15+;17-12+;17-15+;13-10+;12-10+. The molecule has 0 unspecified atom stereocenters. The van der Waals surface area contributed by atoms with Crippen molar-refractivity contribution in [1.82, 2.24) is 0 Å². The lowest BCUT2D eigenvalue weighted by Gasteiger charge is -2.04. The van der Waals surface area contributed by atoms with Gasteiger partial charge in [0, 0.05) is 34.8 Å². The molecule has 21 heteroatoms. The highest BCUT2D eigenvalue weighted by atomic mass is 16.7. The fourth-order valence-electron chi connectivity index (χ4n) is 9.50. The van der Waals surface area contributed by atoms with Gasteiger partial charge in [-0.3, -0.25) is 4.79 Å². The molecule has 12 rings (SSSR count). The molecule has 21 nitrogen and oxygen atoms in total. The van der Waals surface area contributed by atoms with E-state index in [4.69, 9.17) is 25.0 Å². The Balaban J connectivity index is 0.000000185. The summed E-state index contributed by atoms with van der Waals surface area (Å²) in [5, 5.41) is 42.0. The predicted molar refractivity (Wildman–Crippen MR) is 421 cm³/mol. The molecule has 0 heterocycles. The smallest absolute Gasteiger partial charge is 0.317 e. The van der Waals surface area contributed by atoms with Crippen LogP contribution in [-0.2, 0) is 61.0 Å². The van der Waals surface area contributed by atoms with Gasteiger partial charge in [0.15, 0.2) is 11.4 Å². The number of aryl methyl sites for hydroxylation is 1. The summed E-state index contributed by atoms with van der Waals surface area (Å²) in [4.78, 5) is 109. The second kappa shape index (κ2) is 45.2. The third-order valence-corrected chi connectivity index (χ3v) is 15.2. The Labute approximate surface area is 636 Å². The van der Waals surface area contributed by atoms with Crippen LogP contribution in [0, 0.1) is 22.7 Å². The van der Waals surface area contributed by atoms with Crippen molar-refractivity contribution in [2.24, 2.45) is 30.9 Å². The summed E-state index contributed by atoms with van der Waals surface area (Å²) in [5.41, 5.74) is 11.6. The van der Waals surface area contributed by atoms with Crippen molar-refractivity contribution in [2.45, 2.75) is 53.9 Å². The molecular formula is C89H74N8O13. The largest absolute Gasteiger partial charge is 0.405 e. The first-order valence-electron chi connectivity index (χ1n) is 34.0. The number of oxime groups is 6. The van der Waals surface area contributed by atoms with Gasteiger partial charge in [-0.05, 0) is 97.3 Å². The van der Waals surface area contributed by atoms with Gasteiger partial charge in [-0.15, -0.1) is 0 Å². The second-order valence-electron chi connectivity index (χ2n) is 23.3. The van der Waals surface area contributed by atoms with Crippen LogP contribution in [0.2, 0.25) is 0 Å². The molecule has 1 aliphatic carbocycles. The van der Waals surface area contributed by atoms with Crippen LogP contribution in [0.4, 0.5) is 0 Å².